The molecule has 104 valence electrons. The largest absolute Gasteiger partial charge is 0.340 e. The minimum atomic E-state index is -0.734. The Morgan fingerprint density at radius 1 is 1.39 bits per heavy atom. The van der Waals surface area contributed by atoms with Crippen LogP contribution in [0.2, 0.25) is 0 Å². The summed E-state index contributed by atoms with van der Waals surface area (Å²) in [7, 11) is 0. The predicted molar refractivity (Wildman–Crippen MR) is 72.0 cm³/mol. The van der Waals surface area contributed by atoms with Gasteiger partial charge in [0.15, 0.2) is 0 Å². The van der Waals surface area contributed by atoms with Crippen LogP contribution in [0.3, 0.4) is 0 Å². The molecule has 1 heterocycles. The van der Waals surface area contributed by atoms with Crippen molar-refractivity contribution in [3.8, 4) is 0 Å². The topological polar surface area (TPSA) is 49.4 Å². The first kappa shape index (κ1) is 15.0. The van der Waals surface area contributed by atoms with Crippen molar-refractivity contribution >= 4 is 11.8 Å². The van der Waals surface area contributed by atoms with Crippen molar-refractivity contribution in [1.29, 1.82) is 0 Å². The third-order valence-corrected chi connectivity index (χ3v) is 4.38. The second-order valence-electron chi connectivity index (χ2n) is 6.54. The van der Waals surface area contributed by atoms with Gasteiger partial charge in [-0.15, -0.1) is 0 Å². The smallest absolute Gasteiger partial charge is 0.248 e. The van der Waals surface area contributed by atoms with E-state index in [0.29, 0.717) is 18.9 Å². The van der Waals surface area contributed by atoms with Gasteiger partial charge in [-0.2, -0.15) is 0 Å². The van der Waals surface area contributed by atoms with Crippen LogP contribution in [0.1, 0.15) is 48.0 Å². The first-order chi connectivity index (χ1) is 8.12. The van der Waals surface area contributed by atoms with Crippen LogP contribution in [0.25, 0.3) is 0 Å². The average Bonchev–Trinajstić information content (AvgIpc) is 2.24. The number of nitrogens with one attached hydrogen (secondary N) is 1. The van der Waals surface area contributed by atoms with E-state index in [1.165, 1.54) is 0 Å². The van der Waals surface area contributed by atoms with E-state index in [1.54, 1.807) is 4.90 Å². The van der Waals surface area contributed by atoms with Crippen LogP contribution in [0, 0.1) is 11.3 Å². The van der Waals surface area contributed by atoms with Crippen molar-refractivity contribution in [2.45, 2.75) is 53.5 Å². The number of hydrogen-bond donors (Lipinski definition) is 1. The van der Waals surface area contributed by atoms with E-state index in [-0.39, 0.29) is 23.8 Å². The summed E-state index contributed by atoms with van der Waals surface area (Å²) in [6.07, 6.45) is 0.621. The molecule has 1 saturated heterocycles. The van der Waals surface area contributed by atoms with Gasteiger partial charge in [-0.3, -0.25) is 9.59 Å². The molecule has 4 nitrogen and oxygen atoms in total. The number of carbonyl (C=O) groups is 2. The molecule has 0 saturated carbocycles. The molecule has 1 unspecified atom stereocenters. The van der Waals surface area contributed by atoms with Gasteiger partial charge in [0.25, 0.3) is 0 Å². The third-order valence-electron chi connectivity index (χ3n) is 4.38. The number of hydrogen-bond acceptors (Lipinski definition) is 2. The zero-order chi connectivity index (χ0) is 14.1. The minimum Gasteiger partial charge on any atom is -0.340 e. The van der Waals surface area contributed by atoms with Crippen molar-refractivity contribution < 1.29 is 9.59 Å². The summed E-state index contributed by atoms with van der Waals surface area (Å²) < 4.78 is 0. The minimum absolute atomic E-state index is 0.0158. The molecule has 0 aromatic carbocycles. The number of amides is 2. The zero-order valence-corrected chi connectivity index (χ0v) is 12.5. The summed E-state index contributed by atoms with van der Waals surface area (Å²) in [5.41, 5.74) is -0.718. The van der Waals surface area contributed by atoms with E-state index in [1.807, 2.05) is 13.8 Å². The molecule has 1 N–H and O–H groups in total. The molecule has 0 aromatic rings. The zero-order valence-electron chi connectivity index (χ0n) is 12.5. The van der Waals surface area contributed by atoms with Gasteiger partial charge in [0, 0.05) is 6.54 Å². The lowest BCUT2D eigenvalue weighted by atomic mass is 9.80. The Bertz CT molecular complexity index is 350. The maximum absolute atomic E-state index is 12.4. The molecule has 0 bridgehead atoms. The fourth-order valence-electron chi connectivity index (χ4n) is 2.04. The van der Waals surface area contributed by atoms with Gasteiger partial charge < -0.3 is 10.2 Å². The molecule has 1 atom stereocenters. The van der Waals surface area contributed by atoms with E-state index < -0.39 is 5.54 Å². The molecule has 1 rings (SSSR count). The van der Waals surface area contributed by atoms with Gasteiger partial charge in [0.1, 0.15) is 5.54 Å². The molecule has 2 amide bonds. The number of piperazine rings is 1. The molecule has 18 heavy (non-hydrogen) atoms. The summed E-state index contributed by atoms with van der Waals surface area (Å²) in [4.78, 5) is 25.9. The normalized spacial score (nSPS) is 25.6. The summed E-state index contributed by atoms with van der Waals surface area (Å²) >= 11 is 0. The Balaban J connectivity index is 2.89. The molecule has 1 fully saturated rings. The van der Waals surface area contributed by atoms with Gasteiger partial charge in [0.05, 0.1) is 6.54 Å². The quantitative estimate of drug-likeness (QED) is 0.831. The van der Waals surface area contributed by atoms with E-state index >= 15 is 0 Å². The molecule has 1 aliphatic rings. The number of nitrogens with zero attached hydrogens (tertiary/aromatic N) is 1. The maximum atomic E-state index is 12.4. The van der Waals surface area contributed by atoms with Crippen molar-refractivity contribution in [1.82, 2.24) is 10.2 Å². The van der Waals surface area contributed by atoms with E-state index in [4.69, 9.17) is 0 Å². The highest BCUT2D eigenvalue weighted by Gasteiger charge is 2.43. The summed E-state index contributed by atoms with van der Waals surface area (Å²) in [5.74, 6) is 0.444. The average molecular weight is 254 g/mol. The molecule has 0 aliphatic carbocycles. The Morgan fingerprint density at radius 2 is 1.94 bits per heavy atom. The van der Waals surface area contributed by atoms with Gasteiger partial charge >= 0.3 is 0 Å². The first-order valence-electron chi connectivity index (χ1n) is 6.73. The Morgan fingerprint density at radius 3 is 2.39 bits per heavy atom. The van der Waals surface area contributed by atoms with E-state index in [9.17, 15) is 9.59 Å². The molecule has 0 spiro atoms. The van der Waals surface area contributed by atoms with Crippen molar-refractivity contribution in [2.75, 3.05) is 13.1 Å². The van der Waals surface area contributed by atoms with Crippen LogP contribution in [-0.2, 0) is 9.59 Å². The second-order valence-corrected chi connectivity index (χ2v) is 6.54. The van der Waals surface area contributed by atoms with Crippen molar-refractivity contribution in [2.24, 2.45) is 11.3 Å². The summed E-state index contributed by atoms with van der Waals surface area (Å²) in [6, 6.07) is 0. The molecule has 4 heteroatoms. The fraction of sp³-hybridized carbons (Fsp3) is 0.857. The lowest BCUT2D eigenvalue weighted by molar-refractivity contribution is -0.151. The van der Waals surface area contributed by atoms with Gasteiger partial charge in [-0.05, 0) is 24.7 Å². The number of carbonyl (C=O) groups excluding carboxylic acids is 2. The SMILES string of the molecule is CCC1(C)NC(=O)CN(CC(C)(C)C(C)C)C1=O. The van der Waals surface area contributed by atoms with Crippen LogP contribution in [-0.4, -0.2) is 35.3 Å². The van der Waals surface area contributed by atoms with Gasteiger partial charge in [0.2, 0.25) is 11.8 Å². The molecule has 1 aliphatic heterocycles. The Kier molecular flexibility index (Phi) is 4.08. The number of rotatable bonds is 4. The maximum Gasteiger partial charge on any atom is 0.248 e. The lowest BCUT2D eigenvalue weighted by Gasteiger charge is -2.43. The monoisotopic (exact) mass is 254 g/mol. The van der Waals surface area contributed by atoms with Gasteiger partial charge in [-0.25, -0.2) is 0 Å². The first-order valence-corrected chi connectivity index (χ1v) is 6.73. The van der Waals surface area contributed by atoms with Crippen molar-refractivity contribution in [3.63, 3.8) is 0 Å². The Hall–Kier alpha value is -1.06. The highest BCUT2D eigenvalue weighted by molar-refractivity contribution is 5.97. The van der Waals surface area contributed by atoms with E-state index in [2.05, 4.69) is 33.0 Å². The van der Waals surface area contributed by atoms with Crippen LogP contribution in [0.15, 0.2) is 0 Å². The van der Waals surface area contributed by atoms with Crippen molar-refractivity contribution in [3.05, 3.63) is 0 Å². The summed E-state index contributed by atoms with van der Waals surface area (Å²) in [5, 5.41) is 2.81. The molecule has 0 radical (unpaired) electrons. The standard InChI is InChI=1S/C14H26N2O2/c1-7-14(6)12(18)16(8-11(17)15-14)9-13(4,5)10(2)3/h10H,7-9H2,1-6H3,(H,15,17). The summed E-state index contributed by atoms with van der Waals surface area (Å²) in [6.45, 7) is 13.1. The lowest BCUT2D eigenvalue weighted by Crippen LogP contribution is -2.66. The molecular weight excluding hydrogens is 228 g/mol. The van der Waals surface area contributed by atoms with Crippen LogP contribution >= 0.6 is 0 Å². The van der Waals surface area contributed by atoms with E-state index in [0.717, 1.165) is 0 Å². The predicted octanol–water partition coefficient (Wildman–Crippen LogP) is 1.80. The fourth-order valence-corrected chi connectivity index (χ4v) is 2.04. The Labute approximate surface area is 110 Å². The second kappa shape index (κ2) is 4.90. The molecule has 0 aromatic heterocycles. The third kappa shape index (κ3) is 2.85. The van der Waals surface area contributed by atoms with Gasteiger partial charge in [-0.1, -0.05) is 34.6 Å². The van der Waals surface area contributed by atoms with Crippen LogP contribution in [0.4, 0.5) is 0 Å². The highest BCUT2D eigenvalue weighted by atomic mass is 16.2. The highest BCUT2D eigenvalue weighted by Crippen LogP contribution is 2.29. The van der Waals surface area contributed by atoms with Crippen LogP contribution < -0.4 is 5.32 Å². The van der Waals surface area contributed by atoms with Crippen LogP contribution in [0.5, 0.6) is 0 Å². The molecular formula is C14H26N2O2.